The summed E-state index contributed by atoms with van der Waals surface area (Å²) < 4.78 is 0. The largest absolute Gasteiger partial charge is 0.253 e. The molecule has 0 spiro atoms. The van der Waals surface area contributed by atoms with Crippen molar-refractivity contribution in [1.29, 1.82) is 0 Å². The van der Waals surface area contributed by atoms with E-state index in [4.69, 9.17) is 0 Å². The molecule has 1 heterocycles. The van der Waals surface area contributed by atoms with Gasteiger partial charge in [-0.15, -0.1) is 0 Å². The molecular formula is C13H19N. The highest BCUT2D eigenvalue weighted by atomic mass is 14.7. The Balaban J connectivity index is 3.08. The van der Waals surface area contributed by atoms with Crippen LogP contribution in [0.1, 0.15) is 45.5 Å². The summed E-state index contributed by atoms with van der Waals surface area (Å²) in [5.74, 6) is 0. The van der Waals surface area contributed by atoms with Gasteiger partial charge >= 0.3 is 0 Å². The molecule has 1 aromatic rings. The number of hydrogen-bond donors (Lipinski definition) is 0. The Labute approximate surface area is 86.9 Å². The lowest BCUT2D eigenvalue weighted by Crippen LogP contribution is -2.13. The van der Waals surface area contributed by atoms with Gasteiger partial charge in [0.25, 0.3) is 0 Å². The maximum atomic E-state index is 4.62. The van der Waals surface area contributed by atoms with E-state index in [0.29, 0.717) is 0 Å². The van der Waals surface area contributed by atoms with E-state index in [1.807, 2.05) is 6.07 Å². The van der Waals surface area contributed by atoms with Crippen molar-refractivity contribution in [2.45, 2.75) is 39.5 Å². The quantitative estimate of drug-likeness (QED) is 0.689. The van der Waals surface area contributed by atoms with E-state index in [1.165, 1.54) is 0 Å². The second-order valence-corrected chi connectivity index (χ2v) is 4.62. The Kier molecular flexibility index (Phi) is 3.10. The van der Waals surface area contributed by atoms with E-state index in [9.17, 15) is 0 Å². The second kappa shape index (κ2) is 3.95. The molecule has 0 N–H and O–H groups in total. The molecule has 14 heavy (non-hydrogen) atoms. The SMILES string of the molecule is C=C(CC)c1cccc(C(C)(C)C)n1. The fraction of sp³-hybridized carbons (Fsp3) is 0.462. The van der Waals surface area contributed by atoms with E-state index in [2.05, 4.69) is 51.4 Å². The van der Waals surface area contributed by atoms with Crippen molar-refractivity contribution < 1.29 is 0 Å². The maximum Gasteiger partial charge on any atom is 0.0659 e. The van der Waals surface area contributed by atoms with Crippen molar-refractivity contribution in [2.75, 3.05) is 0 Å². The first-order chi connectivity index (χ1) is 6.45. The average molecular weight is 189 g/mol. The van der Waals surface area contributed by atoms with Crippen LogP contribution in [0.2, 0.25) is 0 Å². The molecule has 0 aliphatic rings. The van der Waals surface area contributed by atoms with Gasteiger partial charge in [-0.05, 0) is 24.1 Å². The van der Waals surface area contributed by atoms with Gasteiger partial charge in [-0.25, -0.2) is 0 Å². The van der Waals surface area contributed by atoms with Crippen molar-refractivity contribution in [3.63, 3.8) is 0 Å². The Morgan fingerprint density at radius 2 is 2.00 bits per heavy atom. The molecule has 0 radical (unpaired) electrons. The molecule has 1 heteroatoms. The molecule has 0 aliphatic heterocycles. The molecule has 0 saturated carbocycles. The monoisotopic (exact) mass is 189 g/mol. The molecule has 0 fully saturated rings. The van der Waals surface area contributed by atoms with Gasteiger partial charge in [0.2, 0.25) is 0 Å². The molecule has 1 nitrogen and oxygen atoms in total. The first kappa shape index (κ1) is 11.0. The normalized spacial score (nSPS) is 11.4. The average Bonchev–Trinajstić information content (AvgIpc) is 2.15. The molecule has 0 atom stereocenters. The van der Waals surface area contributed by atoms with Crippen LogP contribution >= 0.6 is 0 Å². The molecule has 1 rings (SSSR count). The molecule has 1 aromatic heterocycles. The lowest BCUT2D eigenvalue weighted by molar-refractivity contribution is 0.568. The molecule has 0 bridgehead atoms. The molecule has 0 saturated heterocycles. The standard InChI is InChI=1S/C13H19N/c1-6-10(2)11-8-7-9-12(14-11)13(3,4)5/h7-9H,2,6H2,1,3-5H3. The minimum absolute atomic E-state index is 0.115. The van der Waals surface area contributed by atoms with Gasteiger partial charge in [0.05, 0.1) is 5.69 Å². The number of rotatable bonds is 2. The first-order valence-corrected chi connectivity index (χ1v) is 5.11. The van der Waals surface area contributed by atoms with Crippen LogP contribution in [0.3, 0.4) is 0 Å². The smallest absolute Gasteiger partial charge is 0.0659 e. The fourth-order valence-electron chi connectivity index (χ4n) is 1.23. The van der Waals surface area contributed by atoms with Gasteiger partial charge in [-0.1, -0.05) is 40.3 Å². The van der Waals surface area contributed by atoms with Gasteiger partial charge in [-0.2, -0.15) is 0 Å². The summed E-state index contributed by atoms with van der Waals surface area (Å²) in [6, 6.07) is 6.16. The third-order valence-electron chi connectivity index (χ3n) is 2.31. The molecular weight excluding hydrogens is 170 g/mol. The topological polar surface area (TPSA) is 12.9 Å². The summed E-state index contributed by atoms with van der Waals surface area (Å²) in [6.07, 6.45) is 0.959. The Morgan fingerprint density at radius 1 is 1.36 bits per heavy atom. The van der Waals surface area contributed by atoms with Crippen LogP contribution in [-0.2, 0) is 5.41 Å². The van der Waals surface area contributed by atoms with Crippen LogP contribution in [0.4, 0.5) is 0 Å². The van der Waals surface area contributed by atoms with Crippen LogP contribution in [0.5, 0.6) is 0 Å². The predicted molar refractivity (Wildman–Crippen MR) is 62.3 cm³/mol. The van der Waals surface area contributed by atoms with E-state index in [-0.39, 0.29) is 5.41 Å². The summed E-state index contributed by atoms with van der Waals surface area (Å²) in [5, 5.41) is 0. The van der Waals surface area contributed by atoms with Crippen LogP contribution < -0.4 is 0 Å². The van der Waals surface area contributed by atoms with Crippen molar-refractivity contribution in [1.82, 2.24) is 4.98 Å². The van der Waals surface area contributed by atoms with Crippen molar-refractivity contribution in [3.05, 3.63) is 36.2 Å². The number of allylic oxidation sites excluding steroid dienone is 1. The highest BCUT2D eigenvalue weighted by Gasteiger charge is 2.15. The fourth-order valence-corrected chi connectivity index (χ4v) is 1.23. The minimum Gasteiger partial charge on any atom is -0.253 e. The van der Waals surface area contributed by atoms with Crippen LogP contribution in [0.15, 0.2) is 24.8 Å². The summed E-state index contributed by atoms with van der Waals surface area (Å²) in [4.78, 5) is 4.62. The number of pyridine rings is 1. The zero-order valence-corrected chi connectivity index (χ0v) is 9.59. The lowest BCUT2D eigenvalue weighted by atomic mass is 9.91. The second-order valence-electron chi connectivity index (χ2n) is 4.62. The van der Waals surface area contributed by atoms with Crippen molar-refractivity contribution in [3.8, 4) is 0 Å². The number of aromatic nitrogens is 1. The van der Waals surface area contributed by atoms with Gasteiger partial charge in [-0.3, -0.25) is 4.98 Å². The van der Waals surface area contributed by atoms with Crippen molar-refractivity contribution >= 4 is 5.57 Å². The van der Waals surface area contributed by atoms with E-state index in [0.717, 1.165) is 23.4 Å². The van der Waals surface area contributed by atoms with Crippen LogP contribution in [0, 0.1) is 0 Å². The van der Waals surface area contributed by atoms with E-state index < -0.39 is 0 Å². The summed E-state index contributed by atoms with van der Waals surface area (Å²) in [6.45, 7) is 12.6. The van der Waals surface area contributed by atoms with Crippen LogP contribution in [-0.4, -0.2) is 4.98 Å². The summed E-state index contributed by atoms with van der Waals surface area (Å²) >= 11 is 0. The third kappa shape index (κ3) is 2.44. The van der Waals surface area contributed by atoms with Gasteiger partial charge in [0.15, 0.2) is 0 Å². The minimum atomic E-state index is 0.115. The van der Waals surface area contributed by atoms with Gasteiger partial charge < -0.3 is 0 Å². The Bertz CT molecular complexity index is 331. The van der Waals surface area contributed by atoms with Gasteiger partial charge in [0.1, 0.15) is 0 Å². The Hall–Kier alpha value is -1.11. The molecule has 76 valence electrons. The van der Waals surface area contributed by atoms with Crippen molar-refractivity contribution in [2.24, 2.45) is 0 Å². The predicted octanol–water partition coefficient (Wildman–Crippen LogP) is 3.80. The zero-order chi connectivity index (χ0) is 10.8. The van der Waals surface area contributed by atoms with E-state index in [1.54, 1.807) is 0 Å². The van der Waals surface area contributed by atoms with E-state index >= 15 is 0 Å². The van der Waals surface area contributed by atoms with Gasteiger partial charge in [0, 0.05) is 11.1 Å². The lowest BCUT2D eigenvalue weighted by Gasteiger charge is -2.18. The van der Waals surface area contributed by atoms with Crippen LogP contribution in [0.25, 0.3) is 5.57 Å². The molecule has 0 amide bonds. The summed E-state index contributed by atoms with van der Waals surface area (Å²) in [5.41, 5.74) is 3.38. The third-order valence-corrected chi connectivity index (χ3v) is 2.31. The maximum absolute atomic E-state index is 4.62. The molecule has 0 aliphatic carbocycles. The number of nitrogens with zero attached hydrogens (tertiary/aromatic N) is 1. The highest BCUT2D eigenvalue weighted by Crippen LogP contribution is 2.22. The summed E-state index contributed by atoms with van der Waals surface area (Å²) in [7, 11) is 0. The first-order valence-electron chi connectivity index (χ1n) is 5.11. The zero-order valence-electron chi connectivity index (χ0n) is 9.59. The highest BCUT2D eigenvalue weighted by molar-refractivity contribution is 5.59. The molecule has 0 unspecified atom stereocenters. The number of hydrogen-bond acceptors (Lipinski definition) is 1. The molecule has 0 aromatic carbocycles. The Morgan fingerprint density at radius 3 is 2.50 bits per heavy atom.